The van der Waals surface area contributed by atoms with Gasteiger partial charge in [0.15, 0.2) is 5.84 Å². The second kappa shape index (κ2) is 5.92. The molecule has 6 heteroatoms. The molecular formula is C14H15N3O3. The summed E-state index contributed by atoms with van der Waals surface area (Å²) < 4.78 is 5.08. The molecule has 104 valence electrons. The van der Waals surface area contributed by atoms with Crippen LogP contribution in [-0.4, -0.2) is 17.0 Å². The highest BCUT2D eigenvalue weighted by molar-refractivity contribution is 5.97. The van der Waals surface area contributed by atoms with Gasteiger partial charge in [0.25, 0.3) is 5.91 Å². The number of oxime groups is 1. The zero-order chi connectivity index (χ0) is 14.5. The van der Waals surface area contributed by atoms with E-state index in [2.05, 4.69) is 10.5 Å². The number of rotatable bonds is 4. The monoisotopic (exact) mass is 273 g/mol. The summed E-state index contributed by atoms with van der Waals surface area (Å²) >= 11 is 0. The number of furan rings is 1. The number of benzene rings is 1. The Hall–Kier alpha value is -2.76. The van der Waals surface area contributed by atoms with Crippen molar-refractivity contribution in [3.8, 4) is 0 Å². The van der Waals surface area contributed by atoms with E-state index in [1.54, 1.807) is 37.3 Å². The average Bonchev–Trinajstić information content (AvgIpc) is 2.90. The molecule has 20 heavy (non-hydrogen) atoms. The number of aryl methyl sites for hydroxylation is 1. The third-order valence-corrected chi connectivity index (χ3v) is 2.91. The number of hydrogen-bond acceptors (Lipinski definition) is 4. The van der Waals surface area contributed by atoms with Crippen LogP contribution in [0.3, 0.4) is 0 Å². The van der Waals surface area contributed by atoms with Crippen molar-refractivity contribution in [3.05, 3.63) is 59.0 Å². The number of nitrogens with zero attached hydrogens (tertiary/aromatic N) is 1. The van der Waals surface area contributed by atoms with Gasteiger partial charge in [-0.25, -0.2) is 0 Å². The lowest BCUT2D eigenvalue weighted by Gasteiger charge is -2.05. The Bertz CT molecular complexity index is 629. The van der Waals surface area contributed by atoms with Crippen LogP contribution in [0.4, 0.5) is 0 Å². The molecule has 0 bridgehead atoms. The van der Waals surface area contributed by atoms with Gasteiger partial charge in [-0.3, -0.25) is 4.79 Å². The van der Waals surface area contributed by atoms with Crippen LogP contribution in [0.5, 0.6) is 0 Å². The Morgan fingerprint density at radius 2 is 2.05 bits per heavy atom. The van der Waals surface area contributed by atoms with E-state index >= 15 is 0 Å². The summed E-state index contributed by atoms with van der Waals surface area (Å²) in [6.07, 6.45) is 1.48. The summed E-state index contributed by atoms with van der Waals surface area (Å²) in [6, 6.07) is 8.68. The summed E-state index contributed by atoms with van der Waals surface area (Å²) in [4.78, 5) is 11.9. The Morgan fingerprint density at radius 3 is 2.60 bits per heavy atom. The summed E-state index contributed by atoms with van der Waals surface area (Å²) in [5, 5.41) is 14.3. The molecule has 0 saturated heterocycles. The van der Waals surface area contributed by atoms with Gasteiger partial charge in [0.1, 0.15) is 5.76 Å². The minimum absolute atomic E-state index is 0.0506. The van der Waals surface area contributed by atoms with Crippen molar-refractivity contribution in [3.63, 3.8) is 0 Å². The zero-order valence-corrected chi connectivity index (χ0v) is 11.0. The van der Waals surface area contributed by atoms with Crippen LogP contribution in [-0.2, 0) is 6.54 Å². The first-order valence-electron chi connectivity index (χ1n) is 6.01. The molecule has 0 spiro atoms. The van der Waals surface area contributed by atoms with Gasteiger partial charge in [-0.1, -0.05) is 29.4 Å². The molecule has 0 aliphatic carbocycles. The smallest absolute Gasteiger partial charge is 0.255 e. The molecule has 4 N–H and O–H groups in total. The van der Waals surface area contributed by atoms with E-state index in [0.717, 1.165) is 5.56 Å². The zero-order valence-electron chi connectivity index (χ0n) is 11.0. The van der Waals surface area contributed by atoms with Crippen molar-refractivity contribution < 1.29 is 14.4 Å². The van der Waals surface area contributed by atoms with E-state index in [4.69, 9.17) is 15.4 Å². The fourth-order valence-corrected chi connectivity index (χ4v) is 1.75. The lowest BCUT2D eigenvalue weighted by Crippen LogP contribution is -2.23. The maximum Gasteiger partial charge on any atom is 0.255 e. The first-order chi connectivity index (χ1) is 9.61. The molecule has 0 aliphatic heterocycles. The molecule has 0 unspecified atom stereocenters. The number of carbonyl (C=O) groups excluding carboxylic acids is 1. The van der Waals surface area contributed by atoms with Gasteiger partial charge in [0, 0.05) is 12.1 Å². The van der Waals surface area contributed by atoms with E-state index < -0.39 is 0 Å². The van der Waals surface area contributed by atoms with Gasteiger partial charge < -0.3 is 20.7 Å². The first-order valence-corrected chi connectivity index (χ1v) is 6.01. The number of hydrogen-bond donors (Lipinski definition) is 3. The van der Waals surface area contributed by atoms with Gasteiger partial charge in [-0.2, -0.15) is 0 Å². The van der Waals surface area contributed by atoms with Gasteiger partial charge in [0.2, 0.25) is 0 Å². The largest absolute Gasteiger partial charge is 0.469 e. The number of nitrogens with two attached hydrogens (primary N) is 1. The number of carbonyl (C=O) groups is 1. The second-order valence-corrected chi connectivity index (χ2v) is 4.26. The number of nitrogens with one attached hydrogen (secondary N) is 1. The Kier molecular flexibility index (Phi) is 4.05. The van der Waals surface area contributed by atoms with Crippen LogP contribution >= 0.6 is 0 Å². The van der Waals surface area contributed by atoms with Gasteiger partial charge >= 0.3 is 0 Å². The molecule has 1 aromatic carbocycles. The topological polar surface area (TPSA) is 101 Å². The Balaban J connectivity index is 1.98. The Morgan fingerprint density at radius 1 is 1.35 bits per heavy atom. The summed E-state index contributed by atoms with van der Waals surface area (Å²) in [7, 11) is 0. The van der Waals surface area contributed by atoms with E-state index in [9.17, 15) is 4.79 Å². The molecule has 2 aromatic rings. The maximum atomic E-state index is 11.9. The molecule has 1 amide bonds. The number of amidine groups is 1. The standard InChI is InChI=1S/C14H15N3O3/c1-9-12(6-7-20-9)14(18)16-8-10-2-4-11(5-3-10)13(15)17-19/h2-7,19H,8H2,1H3,(H2,15,17)(H,16,18). The van der Waals surface area contributed by atoms with Crippen molar-refractivity contribution in [2.75, 3.05) is 0 Å². The van der Waals surface area contributed by atoms with Crippen LogP contribution in [0.2, 0.25) is 0 Å². The fraction of sp³-hybridized carbons (Fsp3) is 0.143. The summed E-state index contributed by atoms with van der Waals surface area (Å²) in [6.45, 7) is 2.13. The highest BCUT2D eigenvalue weighted by Gasteiger charge is 2.10. The minimum Gasteiger partial charge on any atom is -0.469 e. The molecule has 0 saturated carbocycles. The third kappa shape index (κ3) is 2.97. The van der Waals surface area contributed by atoms with Crippen LogP contribution in [0.25, 0.3) is 0 Å². The molecule has 1 heterocycles. The predicted octanol–water partition coefficient (Wildman–Crippen LogP) is 1.61. The molecule has 1 aromatic heterocycles. The van der Waals surface area contributed by atoms with Gasteiger partial charge in [0.05, 0.1) is 11.8 Å². The van der Waals surface area contributed by atoms with E-state index in [1.165, 1.54) is 6.26 Å². The van der Waals surface area contributed by atoms with Crippen molar-refractivity contribution in [2.24, 2.45) is 10.9 Å². The number of amides is 1. The summed E-state index contributed by atoms with van der Waals surface area (Å²) in [5.74, 6) is 0.455. The molecule has 6 nitrogen and oxygen atoms in total. The lowest BCUT2D eigenvalue weighted by molar-refractivity contribution is 0.0949. The minimum atomic E-state index is -0.184. The molecule has 0 aliphatic rings. The molecule has 0 atom stereocenters. The van der Waals surface area contributed by atoms with E-state index in [1.807, 2.05) is 0 Å². The van der Waals surface area contributed by atoms with E-state index in [-0.39, 0.29) is 11.7 Å². The average molecular weight is 273 g/mol. The third-order valence-electron chi connectivity index (χ3n) is 2.91. The molecule has 2 rings (SSSR count). The van der Waals surface area contributed by atoms with Gasteiger partial charge in [-0.15, -0.1) is 0 Å². The SMILES string of the molecule is Cc1occc1C(=O)NCc1ccc(C(N)=NO)cc1. The first kappa shape index (κ1) is 13.7. The van der Waals surface area contributed by atoms with Crippen molar-refractivity contribution in [1.82, 2.24) is 5.32 Å². The summed E-state index contributed by atoms with van der Waals surface area (Å²) in [5.41, 5.74) is 7.52. The van der Waals surface area contributed by atoms with Crippen LogP contribution in [0.15, 0.2) is 46.2 Å². The van der Waals surface area contributed by atoms with Crippen LogP contribution in [0, 0.1) is 6.92 Å². The predicted molar refractivity (Wildman–Crippen MR) is 73.6 cm³/mol. The normalized spacial score (nSPS) is 11.3. The van der Waals surface area contributed by atoms with Crippen LogP contribution < -0.4 is 11.1 Å². The molecular weight excluding hydrogens is 258 g/mol. The quantitative estimate of drug-likeness (QED) is 0.341. The van der Waals surface area contributed by atoms with Crippen molar-refractivity contribution >= 4 is 11.7 Å². The lowest BCUT2D eigenvalue weighted by atomic mass is 10.1. The van der Waals surface area contributed by atoms with Crippen LogP contribution in [0.1, 0.15) is 27.2 Å². The van der Waals surface area contributed by atoms with Crippen molar-refractivity contribution in [1.29, 1.82) is 0 Å². The van der Waals surface area contributed by atoms with Crippen molar-refractivity contribution in [2.45, 2.75) is 13.5 Å². The Labute approximate surface area is 115 Å². The fourth-order valence-electron chi connectivity index (χ4n) is 1.75. The van der Waals surface area contributed by atoms with E-state index in [0.29, 0.717) is 23.4 Å². The van der Waals surface area contributed by atoms with Gasteiger partial charge in [-0.05, 0) is 18.6 Å². The highest BCUT2D eigenvalue weighted by atomic mass is 16.4. The molecule has 0 fully saturated rings. The second-order valence-electron chi connectivity index (χ2n) is 4.26. The highest BCUT2D eigenvalue weighted by Crippen LogP contribution is 2.09. The molecule has 0 radical (unpaired) electrons. The maximum absolute atomic E-state index is 11.9.